The van der Waals surface area contributed by atoms with Crippen LogP contribution in [-0.4, -0.2) is 22.1 Å². The van der Waals surface area contributed by atoms with E-state index in [1.54, 1.807) is 0 Å². The average Bonchev–Trinajstić information content (AvgIpc) is 2.36. The Morgan fingerprint density at radius 3 is 1.83 bits per heavy atom. The minimum absolute atomic E-state index is 0.148. The molecular formula is C6H9IN2O3. The Hall–Kier alpha value is -0.660. The maximum atomic E-state index is 10.1. The second kappa shape index (κ2) is 5.92. The van der Waals surface area contributed by atoms with Gasteiger partial charge in [-0.25, -0.2) is 0 Å². The summed E-state index contributed by atoms with van der Waals surface area (Å²) in [5.41, 5.74) is 4.65. The molecule has 1 aliphatic heterocycles. The second-order valence-electron chi connectivity index (χ2n) is 2.07. The minimum atomic E-state index is -0.259. The van der Waals surface area contributed by atoms with Gasteiger partial charge in [-0.15, -0.1) is 0 Å². The Morgan fingerprint density at radius 2 is 1.75 bits per heavy atom. The molecule has 12 heavy (non-hydrogen) atoms. The molecular weight excluding hydrogens is 275 g/mol. The van der Waals surface area contributed by atoms with Crippen LogP contribution >= 0.6 is 22.6 Å². The molecule has 0 saturated carbocycles. The summed E-state index contributed by atoms with van der Waals surface area (Å²) in [7, 11) is 0. The van der Waals surface area contributed by atoms with E-state index in [0.717, 1.165) is 0 Å². The van der Waals surface area contributed by atoms with E-state index < -0.39 is 0 Å². The van der Waals surface area contributed by atoms with E-state index in [4.69, 9.17) is 0 Å². The lowest BCUT2D eigenvalue weighted by molar-refractivity contribution is -0.124. The van der Waals surface area contributed by atoms with Gasteiger partial charge in [0.2, 0.25) is 17.7 Å². The van der Waals surface area contributed by atoms with Gasteiger partial charge in [0, 0.05) is 12.8 Å². The van der Waals surface area contributed by atoms with Crippen LogP contribution in [0.3, 0.4) is 0 Å². The molecule has 6 heteroatoms. The van der Waals surface area contributed by atoms with Crippen molar-refractivity contribution in [3.63, 3.8) is 0 Å². The van der Waals surface area contributed by atoms with Crippen molar-refractivity contribution in [1.82, 2.24) is 5.32 Å². The van der Waals surface area contributed by atoms with Gasteiger partial charge in [0.1, 0.15) is 0 Å². The van der Waals surface area contributed by atoms with Crippen molar-refractivity contribution in [1.29, 1.82) is 0 Å². The van der Waals surface area contributed by atoms with E-state index in [2.05, 4.69) is 11.1 Å². The van der Waals surface area contributed by atoms with Crippen LogP contribution in [0.2, 0.25) is 0 Å². The molecule has 0 spiro atoms. The standard InChI is InChI=1S/C4H5NO2.C2H4INO/c6-3-1-2-4(7)5-3;3-1-2(4)5/h1-2H2,(H,5,6,7);1H2,(H2,4,5). The second-order valence-corrected chi connectivity index (χ2v) is 2.83. The molecule has 0 unspecified atom stereocenters. The van der Waals surface area contributed by atoms with Gasteiger partial charge < -0.3 is 5.73 Å². The highest BCUT2D eigenvalue weighted by Gasteiger charge is 2.15. The first-order chi connectivity index (χ1) is 5.56. The molecule has 0 radical (unpaired) electrons. The van der Waals surface area contributed by atoms with Crippen LogP contribution in [0.25, 0.3) is 0 Å². The molecule has 68 valence electrons. The third-order valence-electron chi connectivity index (χ3n) is 0.990. The molecule has 3 amide bonds. The zero-order chi connectivity index (χ0) is 9.56. The number of halogens is 1. The number of imide groups is 1. The molecule has 1 heterocycles. The van der Waals surface area contributed by atoms with Gasteiger partial charge >= 0.3 is 0 Å². The SMILES string of the molecule is NC(=O)CI.O=C1CCC(=O)N1. The molecule has 1 saturated heterocycles. The summed E-state index contributed by atoms with van der Waals surface area (Å²) >= 11 is 1.90. The van der Waals surface area contributed by atoms with Crippen molar-refractivity contribution in [3.05, 3.63) is 0 Å². The van der Waals surface area contributed by atoms with E-state index in [1.807, 2.05) is 22.6 Å². The summed E-state index contributed by atoms with van der Waals surface area (Å²) in [5.74, 6) is -0.555. The third kappa shape index (κ3) is 6.08. The molecule has 1 fully saturated rings. The number of rotatable bonds is 1. The number of nitrogens with one attached hydrogen (secondary N) is 1. The van der Waals surface area contributed by atoms with Crippen LogP contribution in [0.15, 0.2) is 0 Å². The lowest BCUT2D eigenvalue weighted by Gasteiger charge is -1.79. The fourth-order valence-corrected chi connectivity index (χ4v) is 0.508. The van der Waals surface area contributed by atoms with E-state index >= 15 is 0 Å². The van der Waals surface area contributed by atoms with Crippen LogP contribution in [0.5, 0.6) is 0 Å². The van der Waals surface area contributed by atoms with Crippen molar-refractivity contribution >= 4 is 40.3 Å². The number of alkyl halides is 1. The molecule has 0 aromatic rings. The first kappa shape index (κ1) is 11.3. The van der Waals surface area contributed by atoms with Gasteiger partial charge in [0.25, 0.3) is 0 Å². The fraction of sp³-hybridized carbons (Fsp3) is 0.500. The number of nitrogens with two attached hydrogens (primary N) is 1. The molecule has 0 aromatic heterocycles. The fourth-order valence-electron chi connectivity index (χ4n) is 0.508. The highest BCUT2D eigenvalue weighted by atomic mass is 127. The Labute approximate surface area is 83.2 Å². The molecule has 1 aliphatic rings. The predicted molar refractivity (Wildman–Crippen MR) is 50.5 cm³/mol. The van der Waals surface area contributed by atoms with Crippen LogP contribution in [0.4, 0.5) is 0 Å². The zero-order valence-electron chi connectivity index (χ0n) is 6.30. The van der Waals surface area contributed by atoms with Crippen molar-refractivity contribution in [2.24, 2.45) is 5.73 Å². The topological polar surface area (TPSA) is 89.3 Å². The summed E-state index contributed by atoms with van der Waals surface area (Å²) in [4.78, 5) is 29.8. The number of primary amides is 1. The summed E-state index contributed by atoms with van der Waals surface area (Å²) in [6.45, 7) is 0. The maximum Gasteiger partial charge on any atom is 0.227 e. The Bertz CT molecular complexity index is 191. The van der Waals surface area contributed by atoms with Crippen molar-refractivity contribution in [2.75, 3.05) is 4.43 Å². The van der Waals surface area contributed by atoms with Gasteiger partial charge in [-0.1, -0.05) is 22.6 Å². The number of carbonyl (C=O) groups excluding carboxylic acids is 3. The first-order valence-electron chi connectivity index (χ1n) is 3.23. The van der Waals surface area contributed by atoms with Gasteiger partial charge in [-0.05, 0) is 0 Å². The summed E-state index contributed by atoms with van der Waals surface area (Å²) in [6.07, 6.45) is 0.748. The highest BCUT2D eigenvalue weighted by molar-refractivity contribution is 14.1. The average molecular weight is 284 g/mol. The largest absolute Gasteiger partial charge is 0.369 e. The number of amides is 3. The quantitative estimate of drug-likeness (QED) is 0.380. The van der Waals surface area contributed by atoms with Gasteiger partial charge in [0.05, 0.1) is 4.43 Å². The highest BCUT2D eigenvalue weighted by Crippen LogP contribution is 1.95. The van der Waals surface area contributed by atoms with Crippen molar-refractivity contribution < 1.29 is 14.4 Å². The predicted octanol–water partition coefficient (Wildman–Crippen LogP) is -0.670. The monoisotopic (exact) mass is 284 g/mol. The minimum Gasteiger partial charge on any atom is -0.369 e. The third-order valence-corrected chi connectivity index (χ3v) is 1.74. The van der Waals surface area contributed by atoms with E-state index in [1.165, 1.54) is 0 Å². The van der Waals surface area contributed by atoms with E-state index in [9.17, 15) is 14.4 Å². The van der Waals surface area contributed by atoms with Crippen LogP contribution in [0, 0.1) is 0 Å². The van der Waals surface area contributed by atoms with Crippen molar-refractivity contribution in [3.8, 4) is 0 Å². The van der Waals surface area contributed by atoms with E-state index in [0.29, 0.717) is 17.3 Å². The number of hydrogen-bond acceptors (Lipinski definition) is 3. The summed E-state index contributed by atoms with van der Waals surface area (Å²) in [5, 5.41) is 2.14. The lowest BCUT2D eigenvalue weighted by Crippen LogP contribution is -2.18. The summed E-state index contributed by atoms with van der Waals surface area (Å²) < 4.78 is 0.414. The molecule has 5 nitrogen and oxygen atoms in total. The van der Waals surface area contributed by atoms with Crippen LogP contribution in [-0.2, 0) is 14.4 Å². The van der Waals surface area contributed by atoms with Gasteiger partial charge in [-0.2, -0.15) is 0 Å². The maximum absolute atomic E-state index is 10.1. The number of carbonyl (C=O) groups is 3. The lowest BCUT2D eigenvalue weighted by atomic mass is 10.4. The Balaban J connectivity index is 0.000000217. The first-order valence-corrected chi connectivity index (χ1v) is 4.75. The van der Waals surface area contributed by atoms with Crippen LogP contribution < -0.4 is 11.1 Å². The molecule has 1 rings (SSSR count). The molecule has 0 aliphatic carbocycles. The molecule has 0 atom stereocenters. The molecule has 0 aromatic carbocycles. The Morgan fingerprint density at radius 1 is 1.42 bits per heavy atom. The van der Waals surface area contributed by atoms with E-state index in [-0.39, 0.29) is 17.7 Å². The Kier molecular flexibility index (Phi) is 5.60. The van der Waals surface area contributed by atoms with Crippen LogP contribution in [0.1, 0.15) is 12.8 Å². The molecule has 3 N–H and O–H groups in total. The normalized spacial score (nSPS) is 14.8. The van der Waals surface area contributed by atoms with Crippen molar-refractivity contribution in [2.45, 2.75) is 12.8 Å². The number of hydrogen-bond donors (Lipinski definition) is 2. The zero-order valence-corrected chi connectivity index (χ0v) is 8.46. The smallest absolute Gasteiger partial charge is 0.227 e. The summed E-state index contributed by atoms with van der Waals surface area (Å²) in [6, 6.07) is 0. The van der Waals surface area contributed by atoms with Gasteiger partial charge in [0.15, 0.2) is 0 Å². The molecule has 0 bridgehead atoms. The van der Waals surface area contributed by atoms with Gasteiger partial charge in [-0.3, -0.25) is 19.7 Å².